The Kier molecular flexibility index (Phi) is 8.84. The first-order valence-corrected chi connectivity index (χ1v) is 14.9. The third-order valence-corrected chi connectivity index (χ3v) is 8.80. The van der Waals surface area contributed by atoms with E-state index in [-0.39, 0.29) is 30.2 Å². The number of anilines is 1. The van der Waals surface area contributed by atoms with Crippen LogP contribution in [0.1, 0.15) is 63.9 Å². The van der Waals surface area contributed by atoms with Gasteiger partial charge < -0.3 is 15.4 Å². The maximum Gasteiger partial charge on any atom is 0.270 e. The molecule has 2 N–H and O–H groups in total. The Balaban J connectivity index is 1.33. The molecule has 0 bridgehead atoms. The molecule has 0 saturated heterocycles. The van der Waals surface area contributed by atoms with Crippen LogP contribution in [0.3, 0.4) is 0 Å². The highest BCUT2D eigenvalue weighted by molar-refractivity contribution is 8.15. The molecule has 40 heavy (non-hydrogen) atoms. The summed E-state index contributed by atoms with van der Waals surface area (Å²) in [5.74, 6) is 0.673. The number of fused-ring (bicyclic) bond motifs is 3. The van der Waals surface area contributed by atoms with Crippen LogP contribution in [0.2, 0.25) is 0 Å². The fourth-order valence-corrected chi connectivity index (χ4v) is 6.41. The van der Waals surface area contributed by atoms with E-state index in [2.05, 4.69) is 15.6 Å². The number of methoxy groups -OCH3 is 1. The summed E-state index contributed by atoms with van der Waals surface area (Å²) in [5.41, 5.74) is 2.11. The van der Waals surface area contributed by atoms with Crippen molar-refractivity contribution in [2.24, 2.45) is 9.98 Å². The SMILES string of the molecule is CCC(SC1=Nc2ccccc2C2=NC(=O)C(CCC(=O)NC3CCCCC3)N12)C(=O)Nc1cccc(OC)c1. The van der Waals surface area contributed by atoms with Gasteiger partial charge in [-0.15, -0.1) is 0 Å². The molecule has 0 radical (unpaired) electrons. The van der Waals surface area contributed by atoms with Crippen molar-refractivity contribution in [3.63, 3.8) is 0 Å². The van der Waals surface area contributed by atoms with Gasteiger partial charge in [-0.2, -0.15) is 4.99 Å². The standard InChI is InChI=1S/C30H35N5O4S/c1-3-25(29(38)32-20-12-9-13-21(18-20)39-2)40-30-33-23-15-8-7-14-22(23)27-34-28(37)24(35(27)30)16-17-26(36)31-19-10-5-4-6-11-19/h7-9,12-15,18-19,24-25H,3-6,10-11,16-17H2,1-2H3,(H,31,36)(H,32,38). The predicted octanol–water partition coefficient (Wildman–Crippen LogP) is 5.03. The number of amidine groups is 2. The molecule has 1 fully saturated rings. The van der Waals surface area contributed by atoms with E-state index in [9.17, 15) is 14.4 Å². The average molecular weight is 562 g/mol. The van der Waals surface area contributed by atoms with E-state index >= 15 is 0 Å². The minimum Gasteiger partial charge on any atom is -0.497 e. The number of amides is 3. The highest BCUT2D eigenvalue weighted by Gasteiger charge is 2.42. The van der Waals surface area contributed by atoms with Crippen LogP contribution in [-0.4, -0.2) is 58.1 Å². The van der Waals surface area contributed by atoms with E-state index in [1.807, 2.05) is 54.3 Å². The first-order valence-electron chi connectivity index (χ1n) is 14.0. The van der Waals surface area contributed by atoms with Crippen molar-refractivity contribution < 1.29 is 19.1 Å². The van der Waals surface area contributed by atoms with Crippen molar-refractivity contribution in [3.8, 4) is 5.75 Å². The topological polar surface area (TPSA) is 112 Å². The molecule has 3 aliphatic rings. The summed E-state index contributed by atoms with van der Waals surface area (Å²) < 4.78 is 5.27. The average Bonchev–Trinajstić information content (AvgIpc) is 3.31. The number of benzene rings is 2. The van der Waals surface area contributed by atoms with Crippen LogP contribution in [0.25, 0.3) is 0 Å². The van der Waals surface area contributed by atoms with Crippen molar-refractivity contribution in [2.75, 3.05) is 12.4 Å². The van der Waals surface area contributed by atoms with Crippen LogP contribution in [0.15, 0.2) is 58.5 Å². The number of carbonyl (C=O) groups excluding carboxylic acids is 3. The number of carbonyl (C=O) groups is 3. The first-order chi connectivity index (χ1) is 19.5. The van der Waals surface area contributed by atoms with Gasteiger partial charge in [0.2, 0.25) is 11.8 Å². The van der Waals surface area contributed by atoms with Gasteiger partial charge in [0.05, 0.1) is 18.0 Å². The molecule has 10 heteroatoms. The molecule has 2 aliphatic heterocycles. The van der Waals surface area contributed by atoms with Crippen LogP contribution >= 0.6 is 11.8 Å². The second-order valence-corrected chi connectivity index (χ2v) is 11.4. The zero-order valence-electron chi connectivity index (χ0n) is 22.9. The number of nitrogens with zero attached hydrogens (tertiary/aromatic N) is 3. The summed E-state index contributed by atoms with van der Waals surface area (Å²) in [6, 6.07) is 14.3. The summed E-state index contributed by atoms with van der Waals surface area (Å²) in [5, 5.41) is 6.18. The molecule has 210 valence electrons. The van der Waals surface area contributed by atoms with Crippen LogP contribution in [0.4, 0.5) is 11.4 Å². The number of thioether (sulfide) groups is 1. The summed E-state index contributed by atoms with van der Waals surface area (Å²) >= 11 is 1.31. The van der Waals surface area contributed by atoms with Gasteiger partial charge in [0.15, 0.2) is 5.17 Å². The van der Waals surface area contributed by atoms with Gasteiger partial charge in [-0.1, -0.05) is 56.1 Å². The van der Waals surface area contributed by atoms with Crippen molar-refractivity contribution in [1.29, 1.82) is 0 Å². The van der Waals surface area contributed by atoms with Gasteiger partial charge in [0.25, 0.3) is 5.91 Å². The highest BCUT2D eigenvalue weighted by Crippen LogP contribution is 2.37. The van der Waals surface area contributed by atoms with Crippen molar-refractivity contribution in [1.82, 2.24) is 10.2 Å². The van der Waals surface area contributed by atoms with Gasteiger partial charge >= 0.3 is 0 Å². The third-order valence-electron chi connectivity index (χ3n) is 7.47. The lowest BCUT2D eigenvalue weighted by atomic mass is 9.95. The smallest absolute Gasteiger partial charge is 0.270 e. The van der Waals surface area contributed by atoms with Crippen molar-refractivity contribution in [2.45, 2.75) is 75.6 Å². The molecule has 2 heterocycles. The second-order valence-electron chi connectivity index (χ2n) is 10.2. The number of hydrogen-bond donors (Lipinski definition) is 2. The Morgan fingerprint density at radius 1 is 1.10 bits per heavy atom. The summed E-state index contributed by atoms with van der Waals surface area (Å²) in [6.45, 7) is 1.94. The Bertz CT molecular complexity index is 1340. The molecular formula is C30H35N5O4S. The fraction of sp³-hybridized carbons (Fsp3) is 0.433. The number of hydrogen-bond acceptors (Lipinski definition) is 7. The molecule has 9 nitrogen and oxygen atoms in total. The molecule has 0 aromatic heterocycles. The maximum atomic E-state index is 13.3. The summed E-state index contributed by atoms with van der Waals surface area (Å²) in [6.07, 6.45) is 6.59. The van der Waals surface area contributed by atoms with Gasteiger partial charge in [0, 0.05) is 29.8 Å². The molecule has 2 unspecified atom stereocenters. The molecule has 0 spiro atoms. The number of rotatable bonds is 9. The maximum absolute atomic E-state index is 13.3. The quantitative estimate of drug-likeness (QED) is 0.444. The number of nitrogens with one attached hydrogen (secondary N) is 2. The predicted molar refractivity (Wildman–Crippen MR) is 158 cm³/mol. The lowest BCUT2D eigenvalue weighted by Gasteiger charge is -2.32. The summed E-state index contributed by atoms with van der Waals surface area (Å²) in [4.78, 5) is 50.4. The van der Waals surface area contributed by atoms with Crippen molar-refractivity contribution in [3.05, 3.63) is 54.1 Å². The molecule has 2 atom stereocenters. The molecule has 1 aliphatic carbocycles. The minimum absolute atomic E-state index is 0.0409. The number of ether oxygens (including phenoxy) is 1. The number of aliphatic imine (C=N–C) groups is 2. The largest absolute Gasteiger partial charge is 0.497 e. The molecule has 3 amide bonds. The van der Waals surface area contributed by atoms with E-state index in [0.717, 1.165) is 31.2 Å². The van der Waals surface area contributed by atoms with Crippen LogP contribution in [0, 0.1) is 0 Å². The molecule has 1 saturated carbocycles. The lowest BCUT2D eigenvalue weighted by Crippen LogP contribution is -2.45. The molecular weight excluding hydrogens is 526 g/mol. The fourth-order valence-electron chi connectivity index (χ4n) is 5.35. The highest BCUT2D eigenvalue weighted by atomic mass is 32.2. The van der Waals surface area contributed by atoms with Gasteiger partial charge in [-0.05, 0) is 49.9 Å². The number of para-hydroxylation sites is 1. The van der Waals surface area contributed by atoms with Gasteiger partial charge in [-0.3, -0.25) is 19.3 Å². The van der Waals surface area contributed by atoms with Gasteiger partial charge in [0.1, 0.15) is 17.6 Å². The Labute approximate surface area is 238 Å². The Hall–Kier alpha value is -3.66. The second kappa shape index (κ2) is 12.7. The van der Waals surface area contributed by atoms with E-state index in [4.69, 9.17) is 9.73 Å². The monoisotopic (exact) mass is 561 g/mol. The van der Waals surface area contributed by atoms with E-state index < -0.39 is 11.3 Å². The zero-order chi connectivity index (χ0) is 28.1. The van der Waals surface area contributed by atoms with Crippen LogP contribution in [-0.2, 0) is 14.4 Å². The molecule has 5 rings (SSSR count). The zero-order valence-corrected chi connectivity index (χ0v) is 23.7. The minimum atomic E-state index is -0.648. The summed E-state index contributed by atoms with van der Waals surface area (Å²) in [7, 11) is 1.58. The Morgan fingerprint density at radius 3 is 2.67 bits per heavy atom. The molecule has 2 aromatic rings. The van der Waals surface area contributed by atoms with E-state index in [1.165, 1.54) is 18.2 Å². The van der Waals surface area contributed by atoms with Gasteiger partial charge in [-0.25, -0.2) is 4.99 Å². The first kappa shape index (κ1) is 27.9. The Morgan fingerprint density at radius 2 is 1.90 bits per heavy atom. The van der Waals surface area contributed by atoms with Crippen molar-refractivity contribution >= 4 is 51.9 Å². The van der Waals surface area contributed by atoms with E-state index in [1.54, 1.807) is 13.2 Å². The van der Waals surface area contributed by atoms with E-state index in [0.29, 0.717) is 41.0 Å². The van der Waals surface area contributed by atoms with Crippen LogP contribution in [0.5, 0.6) is 5.75 Å². The van der Waals surface area contributed by atoms with Crippen LogP contribution < -0.4 is 15.4 Å². The third kappa shape index (κ3) is 6.22. The normalized spacial score (nSPS) is 19.2. The molecule has 2 aromatic carbocycles. The lowest BCUT2D eigenvalue weighted by molar-refractivity contribution is -0.123.